The van der Waals surface area contributed by atoms with Gasteiger partial charge in [-0.05, 0) is 37.9 Å². The van der Waals surface area contributed by atoms with E-state index in [0.717, 1.165) is 58.4 Å². The topological polar surface area (TPSA) is 23.6 Å². The maximum Gasteiger partial charge on any atom is 0.136 e. The fourth-order valence-electron chi connectivity index (χ4n) is 3.40. The number of nitrogens with zero attached hydrogens (tertiary/aromatic N) is 2. The third-order valence-electron chi connectivity index (χ3n) is 4.72. The molecule has 1 atom stereocenters. The van der Waals surface area contributed by atoms with Crippen molar-refractivity contribution in [2.75, 3.05) is 37.6 Å². The molecule has 2 aliphatic rings. The number of hydrogen-bond acceptors (Lipinski definition) is 3. The second-order valence-electron chi connectivity index (χ2n) is 6.01. The first kappa shape index (κ1) is 13.6. The first-order valence-electron chi connectivity index (χ1n) is 7.88. The van der Waals surface area contributed by atoms with E-state index < -0.39 is 0 Å². The van der Waals surface area contributed by atoms with Crippen molar-refractivity contribution in [1.82, 2.24) is 4.90 Å². The summed E-state index contributed by atoms with van der Waals surface area (Å²) in [5.74, 6) is 0.870. The largest absolute Gasteiger partial charge is 0.369 e. The fourth-order valence-corrected chi connectivity index (χ4v) is 3.40. The molecule has 0 amide bonds. The maximum absolute atomic E-state index is 11.7. The highest BCUT2D eigenvalue weighted by atomic mass is 16.1. The normalized spacial score (nSPS) is 24.3. The van der Waals surface area contributed by atoms with Gasteiger partial charge in [-0.3, -0.25) is 9.69 Å². The second kappa shape index (κ2) is 6.40. The first-order chi connectivity index (χ1) is 9.83. The number of benzene rings is 1. The molecule has 0 bridgehead atoms. The molecule has 0 spiro atoms. The average Bonchev–Trinajstić information content (AvgIpc) is 2.92. The average molecular weight is 272 g/mol. The van der Waals surface area contributed by atoms with Gasteiger partial charge in [-0.25, -0.2) is 0 Å². The Morgan fingerprint density at radius 1 is 1.05 bits per heavy atom. The summed E-state index contributed by atoms with van der Waals surface area (Å²) >= 11 is 0. The highest BCUT2D eigenvalue weighted by Gasteiger charge is 2.25. The number of rotatable bonds is 4. The van der Waals surface area contributed by atoms with Gasteiger partial charge in [-0.15, -0.1) is 0 Å². The van der Waals surface area contributed by atoms with Crippen molar-refractivity contribution in [2.24, 2.45) is 5.92 Å². The number of piperazine rings is 1. The van der Waals surface area contributed by atoms with Crippen molar-refractivity contribution in [2.45, 2.75) is 25.7 Å². The molecule has 1 aromatic rings. The monoisotopic (exact) mass is 272 g/mol. The van der Waals surface area contributed by atoms with Gasteiger partial charge >= 0.3 is 0 Å². The molecule has 1 saturated heterocycles. The summed E-state index contributed by atoms with van der Waals surface area (Å²) in [6.07, 6.45) is 4.14. The van der Waals surface area contributed by atoms with Crippen LogP contribution in [0.2, 0.25) is 0 Å². The van der Waals surface area contributed by atoms with Crippen molar-refractivity contribution in [3.05, 3.63) is 30.3 Å². The molecule has 3 nitrogen and oxygen atoms in total. The van der Waals surface area contributed by atoms with Gasteiger partial charge in [0.25, 0.3) is 0 Å². The van der Waals surface area contributed by atoms with E-state index in [0.29, 0.717) is 11.7 Å². The lowest BCUT2D eigenvalue weighted by molar-refractivity contribution is -0.120. The Morgan fingerprint density at radius 3 is 2.45 bits per heavy atom. The lowest BCUT2D eigenvalue weighted by Gasteiger charge is -2.36. The van der Waals surface area contributed by atoms with Crippen LogP contribution in [0.4, 0.5) is 5.69 Å². The fraction of sp³-hybridized carbons (Fsp3) is 0.588. The maximum atomic E-state index is 11.7. The highest BCUT2D eigenvalue weighted by molar-refractivity contribution is 5.82. The van der Waals surface area contributed by atoms with Gasteiger partial charge < -0.3 is 4.90 Å². The smallest absolute Gasteiger partial charge is 0.136 e. The minimum absolute atomic E-state index is 0.363. The van der Waals surface area contributed by atoms with E-state index in [-0.39, 0.29) is 0 Å². The lowest BCUT2D eigenvalue weighted by atomic mass is 10.0. The summed E-state index contributed by atoms with van der Waals surface area (Å²) in [5, 5.41) is 0. The van der Waals surface area contributed by atoms with Crippen LogP contribution in [0.1, 0.15) is 25.7 Å². The van der Waals surface area contributed by atoms with Gasteiger partial charge in [0, 0.05) is 44.2 Å². The van der Waals surface area contributed by atoms with Crippen molar-refractivity contribution in [3.63, 3.8) is 0 Å². The van der Waals surface area contributed by atoms with Gasteiger partial charge in [0.2, 0.25) is 0 Å². The quantitative estimate of drug-likeness (QED) is 0.841. The number of para-hydroxylation sites is 1. The zero-order chi connectivity index (χ0) is 13.8. The summed E-state index contributed by atoms with van der Waals surface area (Å²) in [5.41, 5.74) is 1.33. The van der Waals surface area contributed by atoms with Crippen molar-refractivity contribution in [1.29, 1.82) is 0 Å². The van der Waals surface area contributed by atoms with Crippen LogP contribution in [0.3, 0.4) is 0 Å². The van der Waals surface area contributed by atoms with E-state index in [1.54, 1.807) is 0 Å². The molecular weight excluding hydrogens is 248 g/mol. The first-order valence-corrected chi connectivity index (χ1v) is 7.88. The molecule has 1 aliphatic heterocycles. The van der Waals surface area contributed by atoms with Gasteiger partial charge in [-0.2, -0.15) is 0 Å². The van der Waals surface area contributed by atoms with Crippen molar-refractivity contribution in [3.8, 4) is 0 Å². The van der Waals surface area contributed by atoms with Crippen LogP contribution < -0.4 is 4.90 Å². The predicted octanol–water partition coefficient (Wildman–Crippen LogP) is 2.57. The third kappa shape index (κ3) is 3.21. The molecule has 2 fully saturated rings. The number of carbonyl (C=O) groups is 1. The van der Waals surface area contributed by atoms with Crippen LogP contribution in [0.25, 0.3) is 0 Å². The van der Waals surface area contributed by atoms with E-state index in [1.165, 1.54) is 5.69 Å². The molecular formula is C17H24N2O. The van der Waals surface area contributed by atoms with Gasteiger partial charge in [0.1, 0.15) is 5.78 Å². The number of carbonyl (C=O) groups excluding carboxylic acids is 1. The number of Topliss-reactive ketones (excluding diaryl/α,β-unsaturated/α-hetero) is 1. The Kier molecular flexibility index (Phi) is 4.36. The van der Waals surface area contributed by atoms with E-state index in [4.69, 9.17) is 0 Å². The molecule has 1 heterocycles. The minimum Gasteiger partial charge on any atom is -0.369 e. The third-order valence-corrected chi connectivity index (χ3v) is 4.72. The molecule has 20 heavy (non-hydrogen) atoms. The van der Waals surface area contributed by atoms with E-state index in [2.05, 4.69) is 40.1 Å². The Labute approximate surface area is 121 Å². The van der Waals surface area contributed by atoms with Crippen LogP contribution in [-0.4, -0.2) is 43.4 Å². The summed E-state index contributed by atoms with van der Waals surface area (Å²) in [7, 11) is 0. The van der Waals surface area contributed by atoms with Crippen LogP contribution in [-0.2, 0) is 4.79 Å². The van der Waals surface area contributed by atoms with E-state index in [1.807, 2.05) is 0 Å². The lowest BCUT2D eigenvalue weighted by Crippen LogP contribution is -2.46. The van der Waals surface area contributed by atoms with Crippen LogP contribution in [0, 0.1) is 5.92 Å². The molecule has 0 radical (unpaired) electrons. The van der Waals surface area contributed by atoms with E-state index in [9.17, 15) is 4.79 Å². The van der Waals surface area contributed by atoms with Gasteiger partial charge in [0.05, 0.1) is 0 Å². The van der Waals surface area contributed by atoms with Gasteiger partial charge in [0.15, 0.2) is 0 Å². The molecule has 1 aliphatic carbocycles. The summed E-state index contributed by atoms with van der Waals surface area (Å²) in [4.78, 5) is 16.6. The predicted molar refractivity (Wildman–Crippen MR) is 82.1 cm³/mol. The number of ketones is 1. The SMILES string of the molecule is O=C1CCCC1CCN1CCN(c2ccccc2)CC1. The number of anilines is 1. The van der Waals surface area contributed by atoms with Crippen LogP contribution >= 0.6 is 0 Å². The zero-order valence-corrected chi connectivity index (χ0v) is 12.1. The van der Waals surface area contributed by atoms with Crippen LogP contribution in [0.5, 0.6) is 0 Å². The Morgan fingerprint density at radius 2 is 1.80 bits per heavy atom. The molecule has 1 unspecified atom stereocenters. The Hall–Kier alpha value is -1.35. The minimum atomic E-state index is 0.363. The molecule has 3 rings (SSSR count). The summed E-state index contributed by atoms with van der Waals surface area (Å²) < 4.78 is 0. The van der Waals surface area contributed by atoms with Crippen molar-refractivity contribution < 1.29 is 4.79 Å². The number of hydrogen-bond donors (Lipinski definition) is 0. The second-order valence-corrected chi connectivity index (χ2v) is 6.01. The molecule has 3 heteroatoms. The summed E-state index contributed by atoms with van der Waals surface area (Å²) in [6, 6.07) is 10.7. The highest BCUT2D eigenvalue weighted by Crippen LogP contribution is 2.24. The van der Waals surface area contributed by atoms with Crippen molar-refractivity contribution >= 4 is 11.5 Å². The standard InChI is InChI=1S/C17H24N2O/c20-17-8-4-5-15(17)9-10-18-11-13-19(14-12-18)16-6-2-1-3-7-16/h1-3,6-7,15H,4-5,8-14H2. The molecule has 108 valence electrons. The zero-order valence-electron chi connectivity index (χ0n) is 12.1. The van der Waals surface area contributed by atoms with E-state index >= 15 is 0 Å². The van der Waals surface area contributed by atoms with Crippen LogP contribution in [0.15, 0.2) is 30.3 Å². The summed E-state index contributed by atoms with van der Waals surface area (Å²) in [6.45, 7) is 5.54. The molecule has 0 aromatic heterocycles. The Balaban J connectivity index is 1.43. The Bertz CT molecular complexity index is 438. The molecule has 1 saturated carbocycles. The molecule has 0 N–H and O–H groups in total. The molecule has 1 aromatic carbocycles. The van der Waals surface area contributed by atoms with Gasteiger partial charge in [-0.1, -0.05) is 18.2 Å².